The molecule has 1 saturated carbocycles. The number of ether oxygens (including phenoxy) is 1. The van der Waals surface area contributed by atoms with Gasteiger partial charge in [0.15, 0.2) is 0 Å². The van der Waals surface area contributed by atoms with Crippen LogP contribution in [0.15, 0.2) is 42.6 Å². The molecule has 1 spiro atoms. The van der Waals surface area contributed by atoms with Crippen molar-refractivity contribution in [2.75, 3.05) is 13.7 Å². The number of rotatable bonds is 5. The van der Waals surface area contributed by atoms with Gasteiger partial charge in [0.05, 0.1) is 12.7 Å². The Morgan fingerprint density at radius 1 is 1.25 bits per heavy atom. The van der Waals surface area contributed by atoms with Gasteiger partial charge in [-0.15, -0.1) is 0 Å². The Morgan fingerprint density at radius 3 is 2.66 bits per heavy atom. The molecule has 2 heterocycles. The molecular formula is C26H29FN2O3. The number of benzene rings is 2. The van der Waals surface area contributed by atoms with E-state index >= 15 is 0 Å². The molecule has 5 rings (SSSR count). The van der Waals surface area contributed by atoms with Crippen LogP contribution in [0.1, 0.15) is 58.8 Å². The minimum atomic E-state index is -0.924. The van der Waals surface area contributed by atoms with Crippen molar-refractivity contribution in [1.29, 1.82) is 0 Å². The van der Waals surface area contributed by atoms with Crippen LogP contribution >= 0.6 is 0 Å². The van der Waals surface area contributed by atoms with E-state index in [1.807, 2.05) is 18.3 Å². The molecule has 0 unspecified atom stereocenters. The van der Waals surface area contributed by atoms with Crippen LogP contribution in [0.2, 0.25) is 0 Å². The molecule has 1 aliphatic heterocycles. The lowest BCUT2D eigenvalue weighted by Gasteiger charge is -2.53. The van der Waals surface area contributed by atoms with Crippen molar-refractivity contribution >= 4 is 16.9 Å². The number of H-pyrrole nitrogens is 1. The zero-order valence-corrected chi connectivity index (χ0v) is 18.5. The van der Waals surface area contributed by atoms with E-state index in [-0.39, 0.29) is 17.0 Å². The number of alkyl halides is 1. The van der Waals surface area contributed by atoms with Gasteiger partial charge in [-0.05, 0) is 80.0 Å². The lowest BCUT2D eigenvalue weighted by molar-refractivity contribution is -0.0560. The molecule has 168 valence electrons. The van der Waals surface area contributed by atoms with Gasteiger partial charge < -0.3 is 14.8 Å². The monoisotopic (exact) mass is 436 g/mol. The number of carboxylic acids is 1. The van der Waals surface area contributed by atoms with Crippen molar-refractivity contribution in [2.24, 2.45) is 5.41 Å². The Balaban J connectivity index is 1.50. The first-order chi connectivity index (χ1) is 15.4. The van der Waals surface area contributed by atoms with Crippen molar-refractivity contribution in [1.82, 2.24) is 9.88 Å². The molecule has 2 N–H and O–H groups in total. The summed E-state index contributed by atoms with van der Waals surface area (Å²) in [5, 5.41) is 10.4. The van der Waals surface area contributed by atoms with Gasteiger partial charge in [0.1, 0.15) is 11.9 Å². The van der Waals surface area contributed by atoms with Crippen LogP contribution in [-0.2, 0) is 6.54 Å². The Bertz CT molecular complexity index is 1150. The summed E-state index contributed by atoms with van der Waals surface area (Å²) in [6, 6.07) is 11.5. The number of fused-ring (bicyclic) bond motifs is 1. The van der Waals surface area contributed by atoms with Crippen LogP contribution in [0, 0.1) is 12.3 Å². The van der Waals surface area contributed by atoms with E-state index in [0.29, 0.717) is 12.8 Å². The maximum absolute atomic E-state index is 13.8. The van der Waals surface area contributed by atoms with Crippen LogP contribution in [0.4, 0.5) is 4.39 Å². The van der Waals surface area contributed by atoms with E-state index in [4.69, 9.17) is 4.74 Å². The maximum Gasteiger partial charge on any atom is 0.335 e. The predicted molar refractivity (Wildman–Crippen MR) is 122 cm³/mol. The number of piperidine rings is 1. The van der Waals surface area contributed by atoms with Crippen molar-refractivity contribution in [3.63, 3.8) is 0 Å². The van der Waals surface area contributed by atoms with E-state index in [0.717, 1.165) is 59.3 Å². The molecule has 1 aliphatic carbocycles. The van der Waals surface area contributed by atoms with E-state index < -0.39 is 12.1 Å². The smallest absolute Gasteiger partial charge is 0.335 e. The van der Waals surface area contributed by atoms with Crippen LogP contribution in [0.25, 0.3) is 10.9 Å². The average Bonchev–Trinajstić information content (AvgIpc) is 3.26. The first kappa shape index (κ1) is 21.0. The molecule has 1 aromatic heterocycles. The van der Waals surface area contributed by atoms with Crippen molar-refractivity contribution in [3.8, 4) is 5.75 Å². The maximum atomic E-state index is 13.8. The second kappa shape index (κ2) is 7.93. The second-order valence-electron chi connectivity index (χ2n) is 9.51. The largest absolute Gasteiger partial charge is 0.496 e. The number of carbonyl (C=O) groups is 1. The highest BCUT2D eigenvalue weighted by molar-refractivity contribution is 5.88. The van der Waals surface area contributed by atoms with E-state index in [1.165, 1.54) is 0 Å². The number of nitrogens with zero attached hydrogens (tertiary/aromatic N) is 1. The van der Waals surface area contributed by atoms with Gasteiger partial charge in [-0.3, -0.25) is 4.90 Å². The van der Waals surface area contributed by atoms with Gasteiger partial charge in [0, 0.05) is 35.2 Å². The van der Waals surface area contributed by atoms with Crippen LogP contribution in [0.5, 0.6) is 5.75 Å². The highest BCUT2D eigenvalue weighted by Gasteiger charge is 2.49. The normalized spacial score (nSPS) is 25.7. The highest BCUT2D eigenvalue weighted by atomic mass is 19.1. The molecule has 32 heavy (non-hydrogen) atoms. The van der Waals surface area contributed by atoms with E-state index in [1.54, 1.807) is 19.2 Å². The third kappa shape index (κ3) is 3.56. The number of likely N-dealkylation sites (tertiary alicyclic amines) is 1. The fraction of sp³-hybridized carbons (Fsp3) is 0.423. The Morgan fingerprint density at radius 2 is 2.00 bits per heavy atom. The lowest BCUT2D eigenvalue weighted by atomic mass is 9.60. The number of carboxylic acid groups (broad SMARTS) is 1. The Kier molecular flexibility index (Phi) is 5.20. The summed E-state index contributed by atoms with van der Waals surface area (Å²) in [7, 11) is 1.71. The molecule has 0 bridgehead atoms. The average molecular weight is 437 g/mol. The number of aryl methyl sites for hydroxylation is 1. The minimum absolute atomic E-state index is 0.0623. The van der Waals surface area contributed by atoms with Gasteiger partial charge in [0.25, 0.3) is 0 Å². The summed E-state index contributed by atoms with van der Waals surface area (Å²) in [4.78, 5) is 17.1. The van der Waals surface area contributed by atoms with Crippen molar-refractivity contribution in [3.05, 3.63) is 64.8 Å². The van der Waals surface area contributed by atoms with Crippen molar-refractivity contribution in [2.45, 2.75) is 51.4 Å². The zero-order chi connectivity index (χ0) is 22.5. The molecule has 3 aromatic rings. The summed E-state index contributed by atoms with van der Waals surface area (Å²) in [6.45, 7) is 3.67. The predicted octanol–water partition coefficient (Wildman–Crippen LogP) is 5.64. The van der Waals surface area contributed by atoms with Crippen molar-refractivity contribution < 1.29 is 19.0 Å². The second-order valence-corrected chi connectivity index (χ2v) is 9.51. The first-order valence-corrected chi connectivity index (χ1v) is 11.2. The zero-order valence-electron chi connectivity index (χ0n) is 18.5. The van der Waals surface area contributed by atoms with E-state index in [2.05, 4.69) is 28.9 Å². The molecule has 2 fully saturated rings. The SMILES string of the molecule is COc1cc(C)c2[nH]ccc2c1CN1CCC2(CC(F)C2)C[C@H]1c1ccc(C(=O)O)cc1. The number of halogens is 1. The topological polar surface area (TPSA) is 65.6 Å². The Labute approximate surface area is 187 Å². The number of hydrogen-bond acceptors (Lipinski definition) is 3. The molecule has 0 radical (unpaired) electrons. The summed E-state index contributed by atoms with van der Waals surface area (Å²) in [5.74, 6) is -0.0469. The fourth-order valence-corrected chi connectivity index (χ4v) is 5.78. The standard InChI is InChI=1S/C26H29FN2O3/c1-16-11-23(32-2)21(20-7-9-28-24(16)20)15-29-10-8-26(12-19(27)13-26)14-22(29)17-3-5-18(6-4-17)25(30)31/h3-7,9,11,19,22,28H,8,10,12-15H2,1-2H3,(H,30,31)/t19?,22-,26?/m0/s1. The summed E-state index contributed by atoms with van der Waals surface area (Å²) < 4.78 is 19.6. The quantitative estimate of drug-likeness (QED) is 0.543. The van der Waals surface area contributed by atoms with Gasteiger partial charge in [0.2, 0.25) is 0 Å². The first-order valence-electron chi connectivity index (χ1n) is 11.2. The molecule has 6 heteroatoms. The molecule has 1 atom stereocenters. The van der Waals surface area contributed by atoms with Crippen LogP contribution < -0.4 is 4.74 Å². The number of hydrogen-bond donors (Lipinski definition) is 2. The number of methoxy groups -OCH3 is 1. The third-order valence-corrected chi connectivity index (χ3v) is 7.54. The van der Waals surface area contributed by atoms with Gasteiger partial charge in [-0.25, -0.2) is 9.18 Å². The van der Waals surface area contributed by atoms with Crippen LogP contribution in [0.3, 0.4) is 0 Å². The molecule has 5 nitrogen and oxygen atoms in total. The summed E-state index contributed by atoms with van der Waals surface area (Å²) in [5.41, 5.74) is 4.85. The number of nitrogens with one attached hydrogen (secondary N) is 1. The molecule has 2 aliphatic rings. The lowest BCUT2D eigenvalue weighted by Crippen LogP contribution is -2.49. The van der Waals surface area contributed by atoms with Gasteiger partial charge >= 0.3 is 5.97 Å². The molecule has 2 aromatic carbocycles. The van der Waals surface area contributed by atoms with Crippen LogP contribution in [-0.4, -0.2) is 40.8 Å². The van der Waals surface area contributed by atoms with E-state index in [9.17, 15) is 14.3 Å². The Hall–Kier alpha value is -2.86. The molecular weight excluding hydrogens is 407 g/mol. The van der Waals surface area contributed by atoms with Gasteiger partial charge in [-0.2, -0.15) is 0 Å². The molecule has 1 saturated heterocycles. The summed E-state index contributed by atoms with van der Waals surface area (Å²) >= 11 is 0. The highest BCUT2D eigenvalue weighted by Crippen LogP contribution is 2.55. The third-order valence-electron chi connectivity index (χ3n) is 7.54. The molecule has 0 amide bonds. The van der Waals surface area contributed by atoms with Gasteiger partial charge in [-0.1, -0.05) is 12.1 Å². The number of aromatic nitrogens is 1. The number of aromatic amines is 1. The fourth-order valence-electron chi connectivity index (χ4n) is 5.78. The minimum Gasteiger partial charge on any atom is -0.496 e. The summed E-state index contributed by atoms with van der Waals surface area (Å²) in [6.07, 6.45) is 4.43. The number of aromatic carboxylic acids is 1.